The lowest BCUT2D eigenvalue weighted by atomic mass is 10.1. The molecule has 0 N–H and O–H groups in total. The summed E-state index contributed by atoms with van der Waals surface area (Å²) in [4.78, 5) is 4.46. The van der Waals surface area contributed by atoms with Gasteiger partial charge >= 0.3 is 0 Å². The molecule has 23 heavy (non-hydrogen) atoms. The van der Waals surface area contributed by atoms with Gasteiger partial charge in [-0.25, -0.2) is 4.98 Å². The van der Waals surface area contributed by atoms with Gasteiger partial charge in [0.25, 0.3) is 0 Å². The predicted octanol–water partition coefficient (Wildman–Crippen LogP) is 4.51. The SMILES string of the molecule is COc1ccc(-c2cc3nc(Cl)c4ccccc4c3nn2)cc1. The van der Waals surface area contributed by atoms with Crippen molar-refractivity contribution >= 4 is 33.4 Å². The summed E-state index contributed by atoms with van der Waals surface area (Å²) in [5, 5.41) is 11.0. The third kappa shape index (κ3) is 2.37. The number of hydrogen-bond donors (Lipinski definition) is 0. The van der Waals surface area contributed by atoms with Gasteiger partial charge in [0.15, 0.2) is 0 Å². The molecule has 0 amide bonds. The molecule has 0 bridgehead atoms. The minimum atomic E-state index is 0.474. The normalized spacial score (nSPS) is 11.0. The maximum atomic E-state index is 6.30. The Hall–Kier alpha value is -2.72. The van der Waals surface area contributed by atoms with E-state index in [4.69, 9.17) is 16.3 Å². The fourth-order valence-corrected chi connectivity index (χ4v) is 2.85. The van der Waals surface area contributed by atoms with Crippen LogP contribution in [-0.4, -0.2) is 22.3 Å². The Morgan fingerprint density at radius 3 is 2.39 bits per heavy atom. The maximum Gasteiger partial charge on any atom is 0.137 e. The molecule has 112 valence electrons. The average Bonchev–Trinajstić information content (AvgIpc) is 2.61. The monoisotopic (exact) mass is 321 g/mol. The number of hydrogen-bond acceptors (Lipinski definition) is 4. The standard InChI is InChI=1S/C18H12ClN3O/c1-23-12-8-6-11(7-9-12)15-10-16-17(22-21-15)13-4-2-3-5-14(13)18(19)20-16/h2-10H,1H3. The van der Waals surface area contributed by atoms with E-state index in [2.05, 4.69) is 15.2 Å². The first kappa shape index (κ1) is 13.9. The molecule has 5 heteroatoms. The largest absolute Gasteiger partial charge is 0.497 e. The van der Waals surface area contributed by atoms with Gasteiger partial charge in [0.1, 0.15) is 16.4 Å². The number of ether oxygens (including phenoxy) is 1. The van der Waals surface area contributed by atoms with Crippen molar-refractivity contribution in [1.29, 1.82) is 0 Å². The molecular formula is C18H12ClN3O. The van der Waals surface area contributed by atoms with E-state index in [-0.39, 0.29) is 0 Å². The van der Waals surface area contributed by atoms with Crippen molar-refractivity contribution in [3.63, 3.8) is 0 Å². The van der Waals surface area contributed by atoms with E-state index in [1.165, 1.54) is 0 Å². The zero-order chi connectivity index (χ0) is 15.8. The van der Waals surface area contributed by atoms with Crippen LogP contribution in [0.2, 0.25) is 5.15 Å². The molecule has 0 saturated carbocycles. The zero-order valence-corrected chi connectivity index (χ0v) is 13.1. The van der Waals surface area contributed by atoms with Crippen molar-refractivity contribution in [3.8, 4) is 17.0 Å². The lowest BCUT2D eigenvalue weighted by molar-refractivity contribution is 0.415. The lowest BCUT2D eigenvalue weighted by Gasteiger charge is -2.06. The van der Waals surface area contributed by atoms with Gasteiger partial charge in [-0.1, -0.05) is 35.9 Å². The van der Waals surface area contributed by atoms with Crippen LogP contribution < -0.4 is 4.74 Å². The van der Waals surface area contributed by atoms with Gasteiger partial charge in [-0.05, 0) is 30.3 Å². The number of pyridine rings is 1. The van der Waals surface area contributed by atoms with Crippen LogP contribution >= 0.6 is 11.6 Å². The highest BCUT2D eigenvalue weighted by molar-refractivity contribution is 6.35. The Morgan fingerprint density at radius 2 is 1.65 bits per heavy atom. The highest BCUT2D eigenvalue weighted by Gasteiger charge is 2.10. The topological polar surface area (TPSA) is 47.9 Å². The van der Waals surface area contributed by atoms with Crippen molar-refractivity contribution in [1.82, 2.24) is 15.2 Å². The van der Waals surface area contributed by atoms with Gasteiger partial charge in [0, 0.05) is 16.3 Å². The number of fused-ring (bicyclic) bond motifs is 3. The quantitative estimate of drug-likeness (QED) is 0.402. The molecule has 0 unspecified atom stereocenters. The lowest BCUT2D eigenvalue weighted by Crippen LogP contribution is -1.93. The second-order valence-corrected chi connectivity index (χ2v) is 5.50. The van der Waals surface area contributed by atoms with E-state index in [0.717, 1.165) is 38.8 Å². The number of rotatable bonds is 2. The van der Waals surface area contributed by atoms with Crippen molar-refractivity contribution in [2.75, 3.05) is 7.11 Å². The molecule has 0 aliphatic heterocycles. The molecule has 2 aromatic carbocycles. The summed E-state index contributed by atoms with van der Waals surface area (Å²) in [6, 6.07) is 17.4. The summed E-state index contributed by atoms with van der Waals surface area (Å²) >= 11 is 6.30. The third-order valence-corrected chi connectivity index (χ3v) is 4.07. The molecule has 0 atom stereocenters. The second kappa shape index (κ2) is 5.48. The summed E-state index contributed by atoms with van der Waals surface area (Å²) in [5.41, 5.74) is 3.18. The Balaban J connectivity index is 1.92. The fourth-order valence-electron chi connectivity index (χ4n) is 2.60. The Morgan fingerprint density at radius 1 is 0.913 bits per heavy atom. The first-order chi connectivity index (χ1) is 11.3. The highest BCUT2D eigenvalue weighted by Crippen LogP contribution is 2.29. The Kier molecular flexibility index (Phi) is 3.32. The highest BCUT2D eigenvalue weighted by atomic mass is 35.5. The molecule has 0 radical (unpaired) electrons. The second-order valence-electron chi connectivity index (χ2n) is 5.14. The maximum absolute atomic E-state index is 6.30. The van der Waals surface area contributed by atoms with E-state index in [1.807, 2.05) is 54.6 Å². The van der Waals surface area contributed by atoms with E-state index >= 15 is 0 Å². The zero-order valence-electron chi connectivity index (χ0n) is 12.3. The van der Waals surface area contributed by atoms with Gasteiger partial charge in [0.2, 0.25) is 0 Å². The Labute approximate surface area is 137 Å². The van der Waals surface area contributed by atoms with E-state index < -0.39 is 0 Å². The number of benzene rings is 2. The molecule has 0 fully saturated rings. The van der Waals surface area contributed by atoms with Crippen LogP contribution in [0.5, 0.6) is 5.75 Å². The minimum absolute atomic E-state index is 0.474. The van der Waals surface area contributed by atoms with Gasteiger partial charge in [-0.2, -0.15) is 0 Å². The van der Waals surface area contributed by atoms with Gasteiger partial charge in [-0.3, -0.25) is 0 Å². The van der Waals surface area contributed by atoms with Crippen molar-refractivity contribution in [3.05, 3.63) is 59.8 Å². The van der Waals surface area contributed by atoms with E-state index in [0.29, 0.717) is 5.15 Å². The van der Waals surface area contributed by atoms with Crippen LogP contribution in [-0.2, 0) is 0 Å². The fraction of sp³-hybridized carbons (Fsp3) is 0.0556. The van der Waals surface area contributed by atoms with Gasteiger partial charge in [-0.15, -0.1) is 10.2 Å². The van der Waals surface area contributed by atoms with Crippen LogP contribution in [0.15, 0.2) is 54.6 Å². The molecule has 4 rings (SSSR count). The molecule has 2 heterocycles. The van der Waals surface area contributed by atoms with Crippen LogP contribution in [0, 0.1) is 0 Å². The first-order valence-electron chi connectivity index (χ1n) is 7.12. The molecule has 0 aliphatic carbocycles. The van der Waals surface area contributed by atoms with Crippen LogP contribution in [0.3, 0.4) is 0 Å². The van der Waals surface area contributed by atoms with Gasteiger partial charge < -0.3 is 4.74 Å². The first-order valence-corrected chi connectivity index (χ1v) is 7.50. The smallest absolute Gasteiger partial charge is 0.137 e. The summed E-state index contributed by atoms with van der Waals surface area (Å²) in [6.07, 6.45) is 0. The number of halogens is 1. The molecular weight excluding hydrogens is 310 g/mol. The molecule has 2 aromatic heterocycles. The summed E-state index contributed by atoms with van der Waals surface area (Å²) in [7, 11) is 1.64. The average molecular weight is 322 g/mol. The molecule has 4 nitrogen and oxygen atoms in total. The summed E-state index contributed by atoms with van der Waals surface area (Å²) in [5.74, 6) is 0.801. The molecule has 0 spiro atoms. The van der Waals surface area contributed by atoms with E-state index in [1.54, 1.807) is 7.11 Å². The number of nitrogens with zero attached hydrogens (tertiary/aromatic N) is 3. The molecule has 0 saturated heterocycles. The van der Waals surface area contributed by atoms with Gasteiger partial charge in [0.05, 0.1) is 18.3 Å². The number of methoxy groups -OCH3 is 1. The summed E-state index contributed by atoms with van der Waals surface area (Å²) < 4.78 is 5.17. The molecule has 0 aliphatic rings. The van der Waals surface area contributed by atoms with Crippen molar-refractivity contribution < 1.29 is 4.74 Å². The third-order valence-electron chi connectivity index (χ3n) is 3.78. The minimum Gasteiger partial charge on any atom is -0.497 e. The molecule has 4 aromatic rings. The predicted molar refractivity (Wildman–Crippen MR) is 91.8 cm³/mol. The van der Waals surface area contributed by atoms with Crippen LogP contribution in [0.25, 0.3) is 33.1 Å². The number of aromatic nitrogens is 3. The van der Waals surface area contributed by atoms with Crippen molar-refractivity contribution in [2.45, 2.75) is 0 Å². The van der Waals surface area contributed by atoms with Crippen LogP contribution in [0.4, 0.5) is 0 Å². The van der Waals surface area contributed by atoms with E-state index in [9.17, 15) is 0 Å². The summed E-state index contributed by atoms with van der Waals surface area (Å²) in [6.45, 7) is 0. The van der Waals surface area contributed by atoms with Crippen molar-refractivity contribution in [2.24, 2.45) is 0 Å². The Bertz CT molecular complexity index is 1020. The van der Waals surface area contributed by atoms with Crippen LogP contribution in [0.1, 0.15) is 0 Å².